The third-order valence-electron chi connectivity index (χ3n) is 3.73. The number of carbonyl (C=O) groups excluding carboxylic acids is 2. The molecule has 3 nitrogen and oxygen atoms in total. The molecule has 0 aliphatic rings. The van der Waals surface area contributed by atoms with E-state index in [1.165, 1.54) is 6.92 Å². The Balaban J connectivity index is 1.99. The first-order valence-electron chi connectivity index (χ1n) is 8.40. The fourth-order valence-electron chi connectivity index (χ4n) is 2.45. The Hall–Kier alpha value is -2.94. The van der Waals surface area contributed by atoms with E-state index in [1.54, 1.807) is 0 Å². The summed E-state index contributed by atoms with van der Waals surface area (Å²) in [4.78, 5) is 23.4. The van der Waals surface area contributed by atoms with Gasteiger partial charge in [0.25, 0.3) is 0 Å². The lowest BCUT2D eigenvalue weighted by Crippen LogP contribution is -2.33. The van der Waals surface area contributed by atoms with Crippen LogP contribution in [0.15, 0.2) is 72.8 Å². The van der Waals surface area contributed by atoms with Crippen molar-refractivity contribution in [1.82, 2.24) is 5.32 Å². The topological polar surface area (TPSA) is 46.2 Å². The van der Waals surface area contributed by atoms with E-state index in [0.29, 0.717) is 12.8 Å². The average Bonchev–Trinajstić information content (AvgIpc) is 2.61. The maximum absolute atomic E-state index is 12.2. The molecule has 0 atom stereocenters. The van der Waals surface area contributed by atoms with E-state index in [2.05, 4.69) is 5.32 Å². The zero-order valence-electron chi connectivity index (χ0n) is 14.4. The van der Waals surface area contributed by atoms with E-state index in [1.807, 2.05) is 85.0 Å². The van der Waals surface area contributed by atoms with Gasteiger partial charge in [-0.05, 0) is 24.0 Å². The number of benzene rings is 2. The fourth-order valence-corrected chi connectivity index (χ4v) is 2.45. The number of rotatable bonds is 7. The number of nitrogens with one attached hydrogen (secondary N) is 1. The fraction of sp³-hybridized carbons (Fsp3) is 0.182. The van der Waals surface area contributed by atoms with Gasteiger partial charge in [-0.1, -0.05) is 85.0 Å². The van der Waals surface area contributed by atoms with Gasteiger partial charge in [0.2, 0.25) is 11.8 Å². The van der Waals surface area contributed by atoms with Crippen molar-refractivity contribution in [2.45, 2.75) is 19.8 Å². The number of allylic oxidation sites excluding steroid dienone is 2. The summed E-state index contributed by atoms with van der Waals surface area (Å²) in [5.41, 5.74) is 2.18. The van der Waals surface area contributed by atoms with Crippen molar-refractivity contribution in [2.75, 3.05) is 0 Å². The molecule has 25 heavy (non-hydrogen) atoms. The molecule has 0 fully saturated rings. The summed E-state index contributed by atoms with van der Waals surface area (Å²) in [6.45, 7) is 1.36. The summed E-state index contributed by atoms with van der Waals surface area (Å²) in [6.07, 6.45) is 9.11. The molecule has 0 saturated carbocycles. The van der Waals surface area contributed by atoms with Crippen LogP contribution in [-0.4, -0.2) is 11.8 Å². The van der Waals surface area contributed by atoms with Crippen molar-refractivity contribution in [3.63, 3.8) is 0 Å². The lowest BCUT2D eigenvalue weighted by molar-refractivity contribution is -0.131. The van der Waals surface area contributed by atoms with E-state index in [9.17, 15) is 9.59 Å². The SMILES string of the molecule is CC(=O)NC(=O)C(C/C=C/c1ccccc1)C/C=C/c1ccccc1. The van der Waals surface area contributed by atoms with Crippen LogP contribution in [0.5, 0.6) is 0 Å². The van der Waals surface area contributed by atoms with Crippen LogP contribution >= 0.6 is 0 Å². The molecule has 128 valence electrons. The highest BCUT2D eigenvalue weighted by molar-refractivity contribution is 5.95. The Morgan fingerprint density at radius 3 is 1.68 bits per heavy atom. The second kappa shape index (κ2) is 10.0. The van der Waals surface area contributed by atoms with Crippen molar-refractivity contribution in [1.29, 1.82) is 0 Å². The molecule has 0 saturated heterocycles. The third-order valence-corrected chi connectivity index (χ3v) is 3.73. The minimum atomic E-state index is -0.325. The van der Waals surface area contributed by atoms with Crippen LogP contribution in [0.25, 0.3) is 12.2 Å². The number of carbonyl (C=O) groups is 2. The zero-order valence-corrected chi connectivity index (χ0v) is 14.4. The number of imide groups is 1. The number of amides is 2. The van der Waals surface area contributed by atoms with Gasteiger partial charge in [-0.3, -0.25) is 14.9 Å². The highest BCUT2D eigenvalue weighted by atomic mass is 16.2. The van der Waals surface area contributed by atoms with Gasteiger partial charge in [-0.15, -0.1) is 0 Å². The van der Waals surface area contributed by atoms with Gasteiger partial charge in [-0.2, -0.15) is 0 Å². The predicted octanol–water partition coefficient (Wildman–Crippen LogP) is 4.47. The maximum Gasteiger partial charge on any atom is 0.230 e. The van der Waals surface area contributed by atoms with Crippen LogP contribution < -0.4 is 5.32 Å². The molecule has 3 heteroatoms. The molecule has 2 rings (SSSR count). The Kier molecular flexibility index (Phi) is 7.39. The minimum absolute atomic E-state index is 0.233. The van der Waals surface area contributed by atoms with Gasteiger partial charge < -0.3 is 0 Å². The molecule has 2 aromatic rings. The second-order valence-corrected chi connectivity index (χ2v) is 5.84. The Morgan fingerprint density at radius 1 is 0.840 bits per heavy atom. The van der Waals surface area contributed by atoms with Gasteiger partial charge in [0, 0.05) is 12.8 Å². The van der Waals surface area contributed by atoms with Crippen molar-refractivity contribution >= 4 is 24.0 Å². The standard InChI is InChI=1S/C22H23NO2/c1-18(24)23-22(25)21(16-8-14-19-10-4-2-5-11-19)17-9-15-20-12-6-3-7-13-20/h2-15,21H,16-17H2,1H3,(H,23,24,25)/b14-8+,15-9+. The van der Waals surface area contributed by atoms with E-state index in [-0.39, 0.29) is 17.7 Å². The molecule has 2 amide bonds. The summed E-state index contributed by atoms with van der Waals surface area (Å²) in [6, 6.07) is 19.9. The second-order valence-electron chi connectivity index (χ2n) is 5.84. The molecular formula is C22H23NO2. The van der Waals surface area contributed by atoms with Crippen molar-refractivity contribution < 1.29 is 9.59 Å². The van der Waals surface area contributed by atoms with Gasteiger partial charge >= 0.3 is 0 Å². The van der Waals surface area contributed by atoms with Crippen LogP contribution in [0.3, 0.4) is 0 Å². The molecule has 0 heterocycles. The first kappa shape index (κ1) is 18.4. The largest absolute Gasteiger partial charge is 0.296 e. The van der Waals surface area contributed by atoms with Crippen LogP contribution in [0, 0.1) is 5.92 Å². The summed E-state index contributed by atoms with van der Waals surface area (Å²) in [5.74, 6) is -0.833. The van der Waals surface area contributed by atoms with E-state index < -0.39 is 0 Å². The van der Waals surface area contributed by atoms with E-state index >= 15 is 0 Å². The quantitative estimate of drug-likeness (QED) is 0.812. The van der Waals surface area contributed by atoms with Crippen LogP contribution in [0.4, 0.5) is 0 Å². The first-order chi connectivity index (χ1) is 12.1. The third kappa shape index (κ3) is 7.00. The van der Waals surface area contributed by atoms with Gasteiger partial charge in [-0.25, -0.2) is 0 Å². The summed E-state index contributed by atoms with van der Waals surface area (Å²) >= 11 is 0. The lowest BCUT2D eigenvalue weighted by Gasteiger charge is -2.11. The maximum atomic E-state index is 12.2. The summed E-state index contributed by atoms with van der Waals surface area (Å²) in [5, 5.41) is 2.39. The monoisotopic (exact) mass is 333 g/mol. The molecule has 1 N–H and O–H groups in total. The van der Waals surface area contributed by atoms with Gasteiger partial charge in [0.15, 0.2) is 0 Å². The van der Waals surface area contributed by atoms with E-state index in [0.717, 1.165) is 11.1 Å². The van der Waals surface area contributed by atoms with Crippen molar-refractivity contribution in [3.05, 3.63) is 83.9 Å². The van der Waals surface area contributed by atoms with E-state index in [4.69, 9.17) is 0 Å². The average molecular weight is 333 g/mol. The molecule has 0 radical (unpaired) electrons. The molecule has 0 spiro atoms. The van der Waals surface area contributed by atoms with Crippen LogP contribution in [0.1, 0.15) is 30.9 Å². The Bertz CT molecular complexity index is 682. The van der Waals surface area contributed by atoms with Crippen molar-refractivity contribution in [3.8, 4) is 0 Å². The first-order valence-corrected chi connectivity index (χ1v) is 8.40. The normalized spacial score (nSPS) is 11.3. The van der Waals surface area contributed by atoms with Crippen LogP contribution in [0.2, 0.25) is 0 Å². The molecule has 0 aromatic heterocycles. The highest BCUT2D eigenvalue weighted by Gasteiger charge is 2.16. The Morgan fingerprint density at radius 2 is 1.28 bits per heavy atom. The molecule has 0 bridgehead atoms. The van der Waals surface area contributed by atoms with Crippen LogP contribution in [-0.2, 0) is 9.59 Å². The molecular weight excluding hydrogens is 310 g/mol. The van der Waals surface area contributed by atoms with Gasteiger partial charge in [0.1, 0.15) is 0 Å². The summed E-state index contributed by atoms with van der Waals surface area (Å²) < 4.78 is 0. The molecule has 0 unspecified atom stereocenters. The number of hydrogen-bond donors (Lipinski definition) is 1. The zero-order chi connectivity index (χ0) is 17.9. The van der Waals surface area contributed by atoms with Gasteiger partial charge in [0.05, 0.1) is 0 Å². The molecule has 0 aliphatic carbocycles. The Labute approximate surface area is 149 Å². The smallest absolute Gasteiger partial charge is 0.230 e. The molecule has 2 aromatic carbocycles. The molecule has 0 aliphatic heterocycles. The highest BCUT2D eigenvalue weighted by Crippen LogP contribution is 2.14. The lowest BCUT2D eigenvalue weighted by atomic mass is 9.98. The van der Waals surface area contributed by atoms with Crippen molar-refractivity contribution in [2.24, 2.45) is 5.92 Å². The number of hydrogen-bond acceptors (Lipinski definition) is 2. The predicted molar refractivity (Wildman–Crippen MR) is 102 cm³/mol. The summed E-state index contributed by atoms with van der Waals surface area (Å²) in [7, 11) is 0. The minimum Gasteiger partial charge on any atom is -0.296 e.